The minimum absolute atomic E-state index is 0.107. The van der Waals surface area contributed by atoms with E-state index in [-0.39, 0.29) is 23.5 Å². The molecule has 8 nitrogen and oxygen atoms in total. The average molecular weight is 458 g/mol. The van der Waals surface area contributed by atoms with Gasteiger partial charge in [0.05, 0.1) is 25.1 Å². The van der Waals surface area contributed by atoms with Crippen LogP contribution in [0.5, 0.6) is 0 Å². The lowest BCUT2D eigenvalue weighted by Crippen LogP contribution is -2.49. The Kier molecular flexibility index (Phi) is 5.45. The van der Waals surface area contributed by atoms with Crippen LogP contribution in [0, 0.1) is 5.92 Å². The Balaban J connectivity index is 1.54. The van der Waals surface area contributed by atoms with Gasteiger partial charge in [-0.3, -0.25) is 4.79 Å². The summed E-state index contributed by atoms with van der Waals surface area (Å²) in [6, 6.07) is 0. The third-order valence-corrected chi connectivity index (χ3v) is 6.88. The molecule has 3 N–H and O–H groups in total. The van der Waals surface area contributed by atoms with Gasteiger partial charge >= 0.3 is 6.18 Å². The quantitative estimate of drug-likeness (QED) is 0.727. The van der Waals surface area contributed by atoms with E-state index in [1.807, 2.05) is 6.92 Å². The van der Waals surface area contributed by atoms with Crippen LogP contribution in [-0.2, 0) is 16.5 Å². The van der Waals surface area contributed by atoms with Crippen LogP contribution < -0.4 is 11.1 Å². The van der Waals surface area contributed by atoms with Gasteiger partial charge in [0.25, 0.3) is 5.91 Å². The summed E-state index contributed by atoms with van der Waals surface area (Å²) in [5, 5.41) is 5.31. The number of anilines is 1. The monoisotopic (exact) mass is 458 g/mol. The number of hydrogen-bond donors (Lipinski definition) is 2. The van der Waals surface area contributed by atoms with Gasteiger partial charge in [-0.05, 0) is 13.3 Å². The second-order valence-electron chi connectivity index (χ2n) is 7.02. The van der Waals surface area contributed by atoms with E-state index in [4.69, 9.17) is 10.5 Å². The minimum Gasteiger partial charge on any atom is -0.379 e. The number of nitrogens with two attached hydrogens (primary N) is 1. The molecule has 3 unspecified atom stereocenters. The van der Waals surface area contributed by atoms with E-state index in [1.54, 1.807) is 5.38 Å². The SMILES string of the molecule is CC1CC2CSC(N)=NC2(c2nc(NC(=O)c3cnc(C(F)(F)F)cn3)cs2)CO1. The van der Waals surface area contributed by atoms with Crippen molar-refractivity contribution in [1.29, 1.82) is 0 Å². The lowest BCUT2D eigenvalue weighted by atomic mass is 9.80. The number of rotatable bonds is 3. The molecule has 0 aliphatic carbocycles. The summed E-state index contributed by atoms with van der Waals surface area (Å²) in [5.74, 6) is 0.526. The molecule has 0 aromatic carbocycles. The van der Waals surface area contributed by atoms with Gasteiger partial charge in [0.15, 0.2) is 10.9 Å². The van der Waals surface area contributed by atoms with Gasteiger partial charge in [0.2, 0.25) is 0 Å². The number of nitrogens with one attached hydrogen (secondary N) is 1. The maximum absolute atomic E-state index is 12.6. The van der Waals surface area contributed by atoms with Crippen molar-refractivity contribution in [2.45, 2.75) is 31.2 Å². The number of hydrogen-bond acceptors (Lipinski definition) is 9. The van der Waals surface area contributed by atoms with Crippen LogP contribution in [0.4, 0.5) is 19.0 Å². The predicted molar refractivity (Wildman–Crippen MR) is 106 cm³/mol. The second kappa shape index (κ2) is 7.78. The van der Waals surface area contributed by atoms with Crippen molar-refractivity contribution < 1.29 is 22.7 Å². The number of thiazole rings is 1. The Labute approximate surface area is 177 Å². The second-order valence-corrected chi connectivity index (χ2v) is 8.91. The first-order valence-electron chi connectivity index (χ1n) is 8.94. The number of thioether (sulfide) groups is 1. The van der Waals surface area contributed by atoms with E-state index in [0.29, 0.717) is 23.0 Å². The smallest absolute Gasteiger partial charge is 0.379 e. The van der Waals surface area contributed by atoms with E-state index in [2.05, 4.69) is 25.3 Å². The standard InChI is InChI=1S/C17H17F3N6O2S2/c1-8-2-9-5-30-15(21)26-16(9,7-28-8)14-25-12(6-29-14)24-13(27)10-3-23-11(4-22-10)17(18,19)20/h3-4,6,8-9H,2,5,7H2,1H3,(H2,21,26)(H,24,27). The molecular formula is C17H17F3N6O2S2. The van der Waals surface area contributed by atoms with Crippen molar-refractivity contribution in [2.75, 3.05) is 17.7 Å². The largest absolute Gasteiger partial charge is 0.434 e. The zero-order chi connectivity index (χ0) is 21.5. The molecule has 3 atom stereocenters. The van der Waals surface area contributed by atoms with Crippen LogP contribution in [0.1, 0.15) is 34.5 Å². The number of aromatic nitrogens is 3. The number of carbonyl (C=O) groups is 1. The molecule has 1 saturated heterocycles. The first-order chi connectivity index (χ1) is 14.2. The number of amides is 1. The van der Waals surface area contributed by atoms with E-state index in [1.165, 1.54) is 23.1 Å². The Morgan fingerprint density at radius 2 is 2.17 bits per heavy atom. The highest BCUT2D eigenvalue weighted by molar-refractivity contribution is 8.13. The molecule has 0 radical (unpaired) electrons. The van der Waals surface area contributed by atoms with Gasteiger partial charge in [0, 0.05) is 17.1 Å². The first-order valence-corrected chi connectivity index (χ1v) is 10.8. The number of aliphatic imine (C=N–C) groups is 1. The third-order valence-electron chi connectivity index (χ3n) is 4.91. The number of alkyl halides is 3. The number of fused-ring (bicyclic) bond motifs is 1. The van der Waals surface area contributed by atoms with Gasteiger partial charge < -0.3 is 15.8 Å². The Morgan fingerprint density at radius 3 is 2.87 bits per heavy atom. The summed E-state index contributed by atoms with van der Waals surface area (Å²) in [7, 11) is 0. The maximum atomic E-state index is 12.6. The molecule has 0 bridgehead atoms. The van der Waals surface area contributed by atoms with Gasteiger partial charge in [-0.15, -0.1) is 11.3 Å². The molecule has 2 aliphatic heterocycles. The molecule has 13 heteroatoms. The average Bonchev–Trinajstić information content (AvgIpc) is 3.17. The molecule has 1 fully saturated rings. The summed E-state index contributed by atoms with van der Waals surface area (Å²) in [4.78, 5) is 28.3. The molecule has 30 heavy (non-hydrogen) atoms. The first kappa shape index (κ1) is 21.0. The van der Waals surface area contributed by atoms with Crippen molar-refractivity contribution in [3.05, 3.63) is 34.2 Å². The number of nitrogens with zero attached hydrogens (tertiary/aromatic N) is 4. The van der Waals surface area contributed by atoms with Crippen LogP contribution in [-0.4, -0.2) is 44.5 Å². The van der Waals surface area contributed by atoms with E-state index >= 15 is 0 Å². The molecule has 160 valence electrons. The molecule has 2 aromatic rings. The van der Waals surface area contributed by atoms with Crippen LogP contribution in [0.25, 0.3) is 0 Å². The van der Waals surface area contributed by atoms with E-state index in [0.717, 1.165) is 18.4 Å². The zero-order valence-electron chi connectivity index (χ0n) is 15.6. The number of carbonyl (C=O) groups excluding carboxylic acids is 1. The summed E-state index contributed by atoms with van der Waals surface area (Å²) in [5.41, 5.74) is 3.85. The maximum Gasteiger partial charge on any atom is 0.434 e. The van der Waals surface area contributed by atoms with Gasteiger partial charge in [-0.25, -0.2) is 19.9 Å². The summed E-state index contributed by atoms with van der Waals surface area (Å²) in [6.07, 6.45) is -2.41. The summed E-state index contributed by atoms with van der Waals surface area (Å²) < 4.78 is 43.6. The molecule has 0 saturated carbocycles. The Morgan fingerprint density at radius 1 is 1.37 bits per heavy atom. The van der Waals surface area contributed by atoms with Gasteiger partial charge in [0.1, 0.15) is 22.1 Å². The molecule has 4 heterocycles. The normalized spacial score (nSPS) is 26.6. The Bertz CT molecular complexity index is 981. The van der Waals surface area contributed by atoms with Crippen LogP contribution in [0.2, 0.25) is 0 Å². The molecule has 4 rings (SSSR count). The van der Waals surface area contributed by atoms with Crippen molar-refractivity contribution in [2.24, 2.45) is 16.6 Å². The molecule has 0 spiro atoms. The predicted octanol–water partition coefficient (Wildman–Crippen LogP) is 2.89. The highest BCUT2D eigenvalue weighted by atomic mass is 32.2. The molecule has 1 amide bonds. The number of ether oxygens (including phenoxy) is 1. The van der Waals surface area contributed by atoms with Crippen molar-refractivity contribution in [3.8, 4) is 0 Å². The van der Waals surface area contributed by atoms with E-state index < -0.39 is 23.3 Å². The van der Waals surface area contributed by atoms with Gasteiger partial charge in [-0.1, -0.05) is 11.8 Å². The van der Waals surface area contributed by atoms with Crippen molar-refractivity contribution in [3.63, 3.8) is 0 Å². The summed E-state index contributed by atoms with van der Waals surface area (Å²) >= 11 is 2.82. The van der Waals surface area contributed by atoms with Crippen molar-refractivity contribution in [1.82, 2.24) is 15.0 Å². The molecule has 2 aromatic heterocycles. The Hall–Kier alpha value is -2.25. The fourth-order valence-electron chi connectivity index (χ4n) is 3.38. The van der Waals surface area contributed by atoms with Crippen molar-refractivity contribution >= 4 is 40.0 Å². The topological polar surface area (TPSA) is 115 Å². The van der Waals surface area contributed by atoms with Crippen LogP contribution >= 0.6 is 23.1 Å². The number of halogens is 3. The lowest BCUT2D eigenvalue weighted by Gasteiger charge is -2.44. The van der Waals surface area contributed by atoms with Crippen LogP contribution in [0.3, 0.4) is 0 Å². The molecule has 2 aliphatic rings. The van der Waals surface area contributed by atoms with E-state index in [9.17, 15) is 18.0 Å². The lowest BCUT2D eigenvalue weighted by molar-refractivity contribution is -0.141. The highest BCUT2D eigenvalue weighted by Gasteiger charge is 2.49. The van der Waals surface area contributed by atoms with Gasteiger partial charge in [-0.2, -0.15) is 13.2 Å². The minimum atomic E-state index is -4.62. The molecular weight excluding hydrogens is 441 g/mol. The van der Waals surface area contributed by atoms with Crippen LogP contribution in [0.15, 0.2) is 22.8 Å². The summed E-state index contributed by atoms with van der Waals surface area (Å²) in [6.45, 7) is 2.35. The number of amidine groups is 1. The fraction of sp³-hybridized carbons (Fsp3) is 0.471. The zero-order valence-corrected chi connectivity index (χ0v) is 17.3. The third kappa shape index (κ3) is 4.01. The highest BCUT2D eigenvalue weighted by Crippen LogP contribution is 2.47. The fourth-order valence-corrected chi connectivity index (χ4v) is 5.35.